The van der Waals surface area contributed by atoms with E-state index < -0.39 is 0 Å². The summed E-state index contributed by atoms with van der Waals surface area (Å²) in [5.41, 5.74) is 1.05. The molecule has 0 radical (unpaired) electrons. The van der Waals surface area contributed by atoms with Gasteiger partial charge in [0, 0.05) is 0 Å². The molecule has 0 aromatic rings. The zero-order valence-electron chi connectivity index (χ0n) is 7.96. The molecule has 0 N–H and O–H groups in total. The lowest BCUT2D eigenvalue weighted by atomic mass is 9.90. The molecule has 1 heterocycles. The van der Waals surface area contributed by atoms with Gasteiger partial charge >= 0.3 is 5.97 Å². The standard InChI is InChI=1S/C10H16O2/c1-6(2)9-7(3)5-8(4)10(11)12-9/h6,8-9H,3,5H2,1-2,4H3/t8-,9-/m0/s1. The van der Waals surface area contributed by atoms with Gasteiger partial charge in [0.2, 0.25) is 0 Å². The molecule has 1 fully saturated rings. The summed E-state index contributed by atoms with van der Waals surface area (Å²) in [5.74, 6) is 0.252. The van der Waals surface area contributed by atoms with Gasteiger partial charge in [-0.1, -0.05) is 27.4 Å². The zero-order chi connectivity index (χ0) is 9.30. The highest BCUT2D eigenvalue weighted by Crippen LogP contribution is 2.27. The van der Waals surface area contributed by atoms with Crippen molar-refractivity contribution in [2.24, 2.45) is 11.8 Å². The largest absolute Gasteiger partial charge is 0.457 e. The smallest absolute Gasteiger partial charge is 0.309 e. The highest BCUT2D eigenvalue weighted by Gasteiger charge is 2.31. The fraction of sp³-hybridized carbons (Fsp3) is 0.700. The predicted molar refractivity (Wildman–Crippen MR) is 47.6 cm³/mol. The highest BCUT2D eigenvalue weighted by molar-refractivity contribution is 5.74. The van der Waals surface area contributed by atoms with Gasteiger partial charge in [0.15, 0.2) is 0 Å². The fourth-order valence-electron chi connectivity index (χ4n) is 1.52. The molecule has 0 bridgehead atoms. The maximum atomic E-state index is 11.2. The molecule has 1 aliphatic rings. The summed E-state index contributed by atoms with van der Waals surface area (Å²) >= 11 is 0. The van der Waals surface area contributed by atoms with Crippen LogP contribution in [0.1, 0.15) is 27.2 Å². The van der Waals surface area contributed by atoms with Crippen LogP contribution in [0.15, 0.2) is 12.2 Å². The Morgan fingerprint density at radius 3 is 2.67 bits per heavy atom. The number of hydrogen-bond acceptors (Lipinski definition) is 2. The Kier molecular flexibility index (Phi) is 2.55. The Morgan fingerprint density at radius 1 is 1.58 bits per heavy atom. The van der Waals surface area contributed by atoms with Crippen LogP contribution in [0, 0.1) is 11.8 Å². The van der Waals surface area contributed by atoms with E-state index in [-0.39, 0.29) is 18.0 Å². The van der Waals surface area contributed by atoms with Crippen molar-refractivity contribution in [1.82, 2.24) is 0 Å². The molecule has 1 rings (SSSR count). The molecular weight excluding hydrogens is 152 g/mol. The van der Waals surface area contributed by atoms with E-state index in [9.17, 15) is 4.79 Å². The number of ether oxygens (including phenoxy) is 1. The fourth-order valence-corrected chi connectivity index (χ4v) is 1.52. The molecule has 1 aliphatic heterocycles. The molecule has 2 atom stereocenters. The number of cyclic esters (lactones) is 1. The summed E-state index contributed by atoms with van der Waals surface area (Å²) in [6.45, 7) is 9.89. The Labute approximate surface area is 73.6 Å². The van der Waals surface area contributed by atoms with Gasteiger partial charge in [0.1, 0.15) is 6.10 Å². The summed E-state index contributed by atoms with van der Waals surface area (Å²) < 4.78 is 5.23. The number of carbonyl (C=O) groups is 1. The van der Waals surface area contributed by atoms with E-state index in [4.69, 9.17) is 4.74 Å². The van der Waals surface area contributed by atoms with Crippen molar-refractivity contribution in [3.8, 4) is 0 Å². The van der Waals surface area contributed by atoms with E-state index in [2.05, 4.69) is 6.58 Å². The van der Waals surface area contributed by atoms with Crippen LogP contribution in [0.5, 0.6) is 0 Å². The molecule has 0 amide bonds. The summed E-state index contributed by atoms with van der Waals surface area (Å²) in [5, 5.41) is 0. The molecule has 0 saturated carbocycles. The summed E-state index contributed by atoms with van der Waals surface area (Å²) in [6.07, 6.45) is 0.718. The lowest BCUT2D eigenvalue weighted by Crippen LogP contribution is -2.34. The Morgan fingerprint density at radius 2 is 2.17 bits per heavy atom. The van der Waals surface area contributed by atoms with Crippen molar-refractivity contribution in [2.45, 2.75) is 33.3 Å². The lowest BCUT2D eigenvalue weighted by Gasteiger charge is -2.30. The predicted octanol–water partition coefficient (Wildman–Crippen LogP) is 2.15. The molecular formula is C10H16O2. The average Bonchev–Trinajstić information content (AvgIpc) is 1.96. The second kappa shape index (κ2) is 3.30. The number of carbonyl (C=O) groups excluding carboxylic acids is 1. The third-order valence-electron chi connectivity index (χ3n) is 2.22. The molecule has 1 saturated heterocycles. The first-order chi connectivity index (χ1) is 5.52. The van der Waals surface area contributed by atoms with E-state index in [1.807, 2.05) is 20.8 Å². The minimum Gasteiger partial charge on any atom is -0.457 e. The maximum Gasteiger partial charge on any atom is 0.309 e. The molecule has 0 aromatic carbocycles. The second-order valence-corrected chi connectivity index (χ2v) is 3.86. The highest BCUT2D eigenvalue weighted by atomic mass is 16.5. The first-order valence-electron chi connectivity index (χ1n) is 4.40. The molecule has 68 valence electrons. The molecule has 12 heavy (non-hydrogen) atoms. The molecule has 0 spiro atoms. The van der Waals surface area contributed by atoms with Gasteiger partial charge in [-0.05, 0) is 17.9 Å². The number of hydrogen-bond donors (Lipinski definition) is 0. The van der Waals surface area contributed by atoms with E-state index in [1.54, 1.807) is 0 Å². The van der Waals surface area contributed by atoms with Crippen molar-refractivity contribution in [1.29, 1.82) is 0 Å². The molecule has 0 unspecified atom stereocenters. The lowest BCUT2D eigenvalue weighted by molar-refractivity contribution is -0.157. The third kappa shape index (κ3) is 1.68. The van der Waals surface area contributed by atoms with Crippen LogP contribution < -0.4 is 0 Å². The Bertz CT molecular complexity index is 206. The molecule has 0 aliphatic carbocycles. The van der Waals surface area contributed by atoms with Crippen LogP contribution >= 0.6 is 0 Å². The van der Waals surface area contributed by atoms with E-state index in [0.717, 1.165) is 12.0 Å². The van der Waals surface area contributed by atoms with Crippen LogP contribution in [0.25, 0.3) is 0 Å². The Balaban J connectivity index is 2.68. The number of esters is 1. The monoisotopic (exact) mass is 168 g/mol. The summed E-state index contributed by atoms with van der Waals surface area (Å²) in [7, 11) is 0. The summed E-state index contributed by atoms with van der Waals surface area (Å²) in [4.78, 5) is 11.2. The first kappa shape index (κ1) is 9.30. The zero-order valence-corrected chi connectivity index (χ0v) is 7.96. The van der Waals surface area contributed by atoms with Crippen LogP contribution in [-0.4, -0.2) is 12.1 Å². The van der Waals surface area contributed by atoms with Crippen LogP contribution in [-0.2, 0) is 9.53 Å². The van der Waals surface area contributed by atoms with Gasteiger partial charge in [0.25, 0.3) is 0 Å². The molecule has 0 aromatic heterocycles. The van der Waals surface area contributed by atoms with Crippen molar-refractivity contribution in [3.05, 3.63) is 12.2 Å². The normalized spacial score (nSPS) is 30.7. The minimum absolute atomic E-state index is 0.00694. The van der Waals surface area contributed by atoms with E-state index >= 15 is 0 Å². The third-order valence-corrected chi connectivity index (χ3v) is 2.22. The first-order valence-corrected chi connectivity index (χ1v) is 4.40. The summed E-state index contributed by atoms with van der Waals surface area (Å²) in [6, 6.07) is 0. The van der Waals surface area contributed by atoms with Crippen LogP contribution in [0.2, 0.25) is 0 Å². The van der Waals surface area contributed by atoms with Gasteiger partial charge in [0.05, 0.1) is 5.92 Å². The van der Waals surface area contributed by atoms with Gasteiger partial charge in [-0.3, -0.25) is 4.79 Å². The van der Waals surface area contributed by atoms with E-state index in [1.165, 1.54) is 0 Å². The second-order valence-electron chi connectivity index (χ2n) is 3.86. The Hall–Kier alpha value is -0.790. The van der Waals surface area contributed by atoms with Crippen molar-refractivity contribution in [3.63, 3.8) is 0 Å². The van der Waals surface area contributed by atoms with Crippen molar-refractivity contribution in [2.75, 3.05) is 0 Å². The van der Waals surface area contributed by atoms with Crippen molar-refractivity contribution < 1.29 is 9.53 Å². The molecule has 2 nitrogen and oxygen atoms in total. The number of rotatable bonds is 1. The van der Waals surface area contributed by atoms with Crippen LogP contribution in [0.4, 0.5) is 0 Å². The quantitative estimate of drug-likeness (QED) is 0.443. The van der Waals surface area contributed by atoms with E-state index in [0.29, 0.717) is 5.92 Å². The van der Waals surface area contributed by atoms with Crippen molar-refractivity contribution >= 4 is 5.97 Å². The van der Waals surface area contributed by atoms with Gasteiger partial charge in [-0.2, -0.15) is 0 Å². The van der Waals surface area contributed by atoms with Gasteiger partial charge in [-0.25, -0.2) is 0 Å². The van der Waals surface area contributed by atoms with Crippen LogP contribution in [0.3, 0.4) is 0 Å². The minimum atomic E-state index is -0.0823. The van der Waals surface area contributed by atoms with Gasteiger partial charge in [-0.15, -0.1) is 0 Å². The SMILES string of the molecule is C=C1C[C@H](C)C(=O)O[C@H]1C(C)C. The topological polar surface area (TPSA) is 26.3 Å². The maximum absolute atomic E-state index is 11.2. The van der Waals surface area contributed by atoms with Gasteiger partial charge < -0.3 is 4.74 Å². The molecule has 2 heteroatoms. The average molecular weight is 168 g/mol.